The van der Waals surface area contributed by atoms with E-state index >= 15 is 0 Å². The number of rotatable bonds is 4. The lowest BCUT2D eigenvalue weighted by Gasteiger charge is -2.59. The molecule has 0 radical (unpaired) electrons. The normalized spacial score (nSPS) is 25.3. The van der Waals surface area contributed by atoms with Crippen molar-refractivity contribution in [2.75, 3.05) is 19.7 Å². The van der Waals surface area contributed by atoms with Crippen molar-refractivity contribution < 1.29 is 14.7 Å². The van der Waals surface area contributed by atoms with Gasteiger partial charge in [-0.1, -0.05) is 42.8 Å². The summed E-state index contributed by atoms with van der Waals surface area (Å²) in [6.07, 6.45) is 2.95. The topological polar surface area (TPSA) is 84.6 Å². The third-order valence-corrected chi connectivity index (χ3v) is 7.16. The van der Waals surface area contributed by atoms with Gasteiger partial charge in [-0.05, 0) is 41.7 Å². The zero-order chi connectivity index (χ0) is 21.5. The highest BCUT2D eigenvalue weighted by Gasteiger charge is 2.54. The molecule has 3 aliphatic rings. The molecule has 6 nitrogen and oxygen atoms in total. The number of aliphatic hydroxyl groups is 1. The van der Waals surface area contributed by atoms with E-state index in [0.717, 1.165) is 36.0 Å². The van der Waals surface area contributed by atoms with Crippen molar-refractivity contribution in [2.45, 2.75) is 37.3 Å². The quantitative estimate of drug-likeness (QED) is 0.832. The second-order valence-electron chi connectivity index (χ2n) is 8.80. The minimum absolute atomic E-state index is 0.0148. The lowest BCUT2D eigenvalue weighted by molar-refractivity contribution is -0.169. The number of carbonyl (C=O) groups is 2. The Balaban J connectivity index is 1.36. The summed E-state index contributed by atoms with van der Waals surface area (Å²) in [5, 5.41) is 18.9. The number of hydrogen-bond donors (Lipinski definition) is 1. The molecular weight excluding hydrogens is 390 g/mol. The van der Waals surface area contributed by atoms with Crippen molar-refractivity contribution in [1.82, 2.24) is 9.80 Å². The Morgan fingerprint density at radius 2 is 1.71 bits per heavy atom. The Morgan fingerprint density at radius 3 is 2.26 bits per heavy atom. The molecule has 2 amide bonds. The molecule has 5 rings (SSSR count). The molecule has 0 aromatic heterocycles. The summed E-state index contributed by atoms with van der Waals surface area (Å²) < 4.78 is 0. The zero-order valence-electron chi connectivity index (χ0n) is 17.3. The van der Waals surface area contributed by atoms with Crippen LogP contribution in [0.2, 0.25) is 0 Å². The first-order valence-corrected chi connectivity index (χ1v) is 10.9. The maximum absolute atomic E-state index is 12.7. The van der Waals surface area contributed by atoms with E-state index in [4.69, 9.17) is 5.26 Å². The van der Waals surface area contributed by atoms with Gasteiger partial charge in [0, 0.05) is 18.4 Å². The molecule has 6 heteroatoms. The first kappa shape index (κ1) is 19.8. The van der Waals surface area contributed by atoms with Crippen LogP contribution in [0.1, 0.15) is 36.3 Å². The number of piperazine rings is 1. The Bertz CT molecular complexity index is 1040. The molecule has 3 fully saturated rings. The Labute approximate surface area is 181 Å². The molecule has 0 bridgehead atoms. The molecule has 3 atom stereocenters. The maximum Gasteiger partial charge on any atom is 0.242 e. The third-order valence-electron chi connectivity index (χ3n) is 7.16. The van der Waals surface area contributed by atoms with Crippen LogP contribution in [0.4, 0.5) is 0 Å². The summed E-state index contributed by atoms with van der Waals surface area (Å²) in [6, 6.07) is 17.5. The van der Waals surface area contributed by atoms with Gasteiger partial charge in [0.25, 0.3) is 0 Å². The number of nitrogens with zero attached hydrogens (tertiary/aromatic N) is 3. The van der Waals surface area contributed by atoms with Gasteiger partial charge in [0.1, 0.15) is 0 Å². The van der Waals surface area contributed by atoms with Crippen molar-refractivity contribution in [2.24, 2.45) is 5.92 Å². The van der Waals surface area contributed by atoms with Crippen molar-refractivity contribution in [3.05, 3.63) is 59.7 Å². The second-order valence-corrected chi connectivity index (χ2v) is 8.80. The summed E-state index contributed by atoms with van der Waals surface area (Å²) >= 11 is 0. The summed E-state index contributed by atoms with van der Waals surface area (Å²) in [4.78, 5) is 29.0. The molecule has 158 valence electrons. The highest BCUT2D eigenvalue weighted by Crippen LogP contribution is 2.44. The molecular formula is C25H25N3O3. The minimum atomic E-state index is -0.237. The monoisotopic (exact) mass is 415 g/mol. The van der Waals surface area contributed by atoms with E-state index in [1.54, 1.807) is 21.9 Å². The molecule has 31 heavy (non-hydrogen) atoms. The number of aliphatic hydroxyl groups excluding tert-OH is 1. The van der Waals surface area contributed by atoms with E-state index in [-0.39, 0.29) is 48.9 Å². The fourth-order valence-electron chi connectivity index (χ4n) is 5.22. The van der Waals surface area contributed by atoms with Crippen LogP contribution < -0.4 is 0 Å². The SMILES string of the molecule is N#Cc1ccc(-c2ccc([C@H]3[C@@H](CO)N4C(=O)CN(C(=O)C5CCC5)C[C@@H]34)cc2)cc1. The van der Waals surface area contributed by atoms with E-state index in [1.807, 2.05) is 24.3 Å². The number of carbonyl (C=O) groups excluding carboxylic acids is 2. The minimum Gasteiger partial charge on any atom is -0.394 e. The predicted molar refractivity (Wildman–Crippen MR) is 115 cm³/mol. The lowest BCUT2D eigenvalue weighted by Crippen LogP contribution is -2.73. The molecule has 1 saturated carbocycles. The smallest absolute Gasteiger partial charge is 0.242 e. The highest BCUT2D eigenvalue weighted by molar-refractivity contribution is 5.89. The molecule has 0 spiro atoms. The van der Waals surface area contributed by atoms with E-state index < -0.39 is 0 Å². The lowest BCUT2D eigenvalue weighted by atomic mass is 9.73. The maximum atomic E-state index is 12.7. The van der Waals surface area contributed by atoms with Crippen LogP contribution in [0.15, 0.2) is 48.5 Å². The van der Waals surface area contributed by atoms with Crippen LogP contribution in [0.5, 0.6) is 0 Å². The number of benzene rings is 2. The van der Waals surface area contributed by atoms with Gasteiger partial charge >= 0.3 is 0 Å². The first-order valence-electron chi connectivity index (χ1n) is 10.9. The molecule has 1 aliphatic carbocycles. The van der Waals surface area contributed by atoms with Crippen LogP contribution in [0.3, 0.4) is 0 Å². The summed E-state index contributed by atoms with van der Waals surface area (Å²) in [5.41, 5.74) is 3.78. The molecule has 0 unspecified atom stereocenters. The van der Waals surface area contributed by atoms with Crippen LogP contribution in [0.25, 0.3) is 11.1 Å². The Kier molecular flexibility index (Phi) is 4.99. The largest absolute Gasteiger partial charge is 0.394 e. The molecule has 2 aliphatic heterocycles. The van der Waals surface area contributed by atoms with Gasteiger partial charge in [-0.25, -0.2) is 0 Å². The fraction of sp³-hybridized carbons (Fsp3) is 0.400. The van der Waals surface area contributed by atoms with Crippen LogP contribution in [-0.4, -0.2) is 58.5 Å². The molecule has 1 N–H and O–H groups in total. The first-order chi connectivity index (χ1) is 15.1. The number of nitriles is 1. The van der Waals surface area contributed by atoms with Gasteiger partial charge in [-0.15, -0.1) is 0 Å². The van der Waals surface area contributed by atoms with Gasteiger partial charge in [-0.2, -0.15) is 5.26 Å². The predicted octanol–water partition coefficient (Wildman–Crippen LogP) is 2.52. The van der Waals surface area contributed by atoms with Gasteiger partial charge in [-0.3, -0.25) is 9.59 Å². The summed E-state index contributed by atoms with van der Waals surface area (Å²) in [6.45, 7) is 0.590. The van der Waals surface area contributed by atoms with Crippen molar-refractivity contribution in [3.63, 3.8) is 0 Å². The average Bonchev–Trinajstić information content (AvgIpc) is 2.74. The third kappa shape index (κ3) is 3.30. The van der Waals surface area contributed by atoms with Crippen molar-refractivity contribution in [3.8, 4) is 17.2 Å². The van der Waals surface area contributed by atoms with Gasteiger partial charge in [0.05, 0.1) is 36.9 Å². The number of amides is 2. The Hall–Kier alpha value is -3.17. The van der Waals surface area contributed by atoms with Gasteiger partial charge in [0.15, 0.2) is 0 Å². The van der Waals surface area contributed by atoms with Crippen LogP contribution in [0, 0.1) is 17.2 Å². The fourth-order valence-corrected chi connectivity index (χ4v) is 5.22. The zero-order valence-corrected chi connectivity index (χ0v) is 17.3. The standard InChI is InChI=1S/C25H25N3O3/c26-12-16-4-6-17(7-5-16)18-8-10-19(11-9-18)24-21-13-27(25(31)20-2-1-3-20)14-23(30)28(21)22(24)15-29/h4-11,20-22,24,29H,1-3,13-15H2/t21-,22+,24+/m0/s1. The van der Waals surface area contributed by atoms with Gasteiger partial charge < -0.3 is 14.9 Å². The number of hydrogen-bond acceptors (Lipinski definition) is 4. The van der Waals surface area contributed by atoms with E-state index in [1.165, 1.54) is 0 Å². The van der Waals surface area contributed by atoms with E-state index in [0.29, 0.717) is 12.1 Å². The van der Waals surface area contributed by atoms with E-state index in [2.05, 4.69) is 18.2 Å². The summed E-state index contributed by atoms with van der Waals surface area (Å²) in [7, 11) is 0. The Morgan fingerprint density at radius 1 is 1.06 bits per heavy atom. The second kappa shape index (κ2) is 7.82. The number of fused-ring (bicyclic) bond motifs is 1. The average molecular weight is 415 g/mol. The van der Waals surface area contributed by atoms with E-state index in [9.17, 15) is 14.7 Å². The molecule has 2 aromatic rings. The van der Waals surface area contributed by atoms with Crippen LogP contribution in [-0.2, 0) is 9.59 Å². The molecule has 2 heterocycles. The molecule has 2 saturated heterocycles. The van der Waals surface area contributed by atoms with Crippen LogP contribution >= 0.6 is 0 Å². The van der Waals surface area contributed by atoms with Crippen molar-refractivity contribution >= 4 is 11.8 Å². The van der Waals surface area contributed by atoms with Crippen molar-refractivity contribution in [1.29, 1.82) is 5.26 Å². The molecule has 2 aromatic carbocycles. The highest BCUT2D eigenvalue weighted by atomic mass is 16.3. The van der Waals surface area contributed by atoms with Gasteiger partial charge in [0.2, 0.25) is 11.8 Å². The summed E-state index contributed by atoms with van der Waals surface area (Å²) in [5.74, 6) is 0.147.